The molecule has 0 saturated heterocycles. The summed E-state index contributed by atoms with van der Waals surface area (Å²) in [6.07, 6.45) is 0. The van der Waals surface area contributed by atoms with Gasteiger partial charge in [-0.25, -0.2) is 9.78 Å². The van der Waals surface area contributed by atoms with E-state index in [0.29, 0.717) is 28.1 Å². The van der Waals surface area contributed by atoms with Gasteiger partial charge in [0, 0.05) is 12.1 Å². The van der Waals surface area contributed by atoms with Crippen LogP contribution in [0.15, 0.2) is 75.9 Å². The van der Waals surface area contributed by atoms with Gasteiger partial charge in [0.05, 0.1) is 5.56 Å². The van der Waals surface area contributed by atoms with E-state index in [2.05, 4.69) is 4.98 Å². The minimum absolute atomic E-state index is 0.107. The van der Waals surface area contributed by atoms with Crippen molar-refractivity contribution in [2.75, 3.05) is 0 Å². The second-order valence-corrected chi connectivity index (χ2v) is 5.17. The minimum Gasteiger partial charge on any atom is -0.508 e. The van der Waals surface area contributed by atoms with Gasteiger partial charge in [-0.3, -0.25) is 4.79 Å². The van der Waals surface area contributed by atoms with E-state index < -0.39 is 5.97 Å². The highest BCUT2D eigenvalue weighted by molar-refractivity contribution is 5.87. The van der Waals surface area contributed by atoms with E-state index in [1.807, 2.05) is 0 Å². The number of phenols is 1. The molecule has 124 valence electrons. The van der Waals surface area contributed by atoms with Crippen molar-refractivity contribution < 1.29 is 19.4 Å². The lowest BCUT2D eigenvalue weighted by Gasteiger charge is -2.05. The first kappa shape index (κ1) is 16.2. The number of aromatic hydroxyl groups is 1. The zero-order valence-electron chi connectivity index (χ0n) is 12.9. The number of nitrogens with zero attached hydrogens (tertiary/aromatic N) is 1. The molecular formula is C19H13NO5. The van der Waals surface area contributed by atoms with E-state index in [9.17, 15) is 14.7 Å². The molecule has 0 saturated carbocycles. The SMILES string of the molecule is O=C(O)c1ccccc1.O=c1ccc2nc3ccc(O)cc3oc-2c1. The van der Waals surface area contributed by atoms with Crippen LogP contribution in [-0.2, 0) is 0 Å². The summed E-state index contributed by atoms with van der Waals surface area (Å²) in [7, 11) is 0. The molecule has 2 aliphatic rings. The van der Waals surface area contributed by atoms with Crippen molar-refractivity contribution in [2.24, 2.45) is 0 Å². The second kappa shape index (κ2) is 6.84. The topological polar surface area (TPSA) is 101 Å². The molecule has 0 atom stereocenters. The van der Waals surface area contributed by atoms with Gasteiger partial charge in [0.15, 0.2) is 16.8 Å². The van der Waals surface area contributed by atoms with Crippen LogP contribution in [0.1, 0.15) is 10.4 Å². The number of carboxylic acid groups (broad SMARTS) is 1. The Morgan fingerprint density at radius 1 is 0.960 bits per heavy atom. The van der Waals surface area contributed by atoms with E-state index in [0.717, 1.165) is 0 Å². The maximum atomic E-state index is 11.1. The van der Waals surface area contributed by atoms with Gasteiger partial charge in [0.25, 0.3) is 0 Å². The van der Waals surface area contributed by atoms with Crippen LogP contribution >= 0.6 is 0 Å². The molecule has 0 spiro atoms. The van der Waals surface area contributed by atoms with Crippen molar-refractivity contribution in [1.29, 1.82) is 0 Å². The Balaban J connectivity index is 0.000000173. The Morgan fingerprint density at radius 2 is 1.72 bits per heavy atom. The van der Waals surface area contributed by atoms with E-state index in [4.69, 9.17) is 9.52 Å². The molecule has 4 rings (SSSR count). The molecule has 0 radical (unpaired) electrons. The maximum absolute atomic E-state index is 11.1. The number of aromatic nitrogens is 1. The van der Waals surface area contributed by atoms with Crippen molar-refractivity contribution >= 4 is 17.1 Å². The summed E-state index contributed by atoms with van der Waals surface area (Å²) in [6.45, 7) is 0. The van der Waals surface area contributed by atoms with Crippen molar-refractivity contribution in [3.8, 4) is 17.2 Å². The Hall–Kier alpha value is -3.67. The molecule has 1 heterocycles. The zero-order valence-corrected chi connectivity index (χ0v) is 12.9. The average molecular weight is 335 g/mol. The van der Waals surface area contributed by atoms with E-state index in [1.165, 1.54) is 18.2 Å². The highest BCUT2D eigenvalue weighted by Gasteiger charge is 2.09. The number of benzene rings is 3. The highest BCUT2D eigenvalue weighted by atomic mass is 16.4. The normalized spacial score (nSPS) is 10.2. The molecule has 0 bridgehead atoms. The third-order valence-electron chi connectivity index (χ3n) is 3.36. The van der Waals surface area contributed by atoms with Gasteiger partial charge >= 0.3 is 5.97 Å². The molecule has 1 aliphatic heterocycles. The number of carboxylic acids is 1. The van der Waals surface area contributed by atoms with E-state index in [1.54, 1.807) is 48.5 Å². The van der Waals surface area contributed by atoms with Crippen molar-refractivity contribution in [1.82, 2.24) is 4.98 Å². The molecule has 0 fully saturated rings. The largest absolute Gasteiger partial charge is 0.508 e. The third kappa shape index (κ3) is 3.81. The minimum atomic E-state index is -0.879. The molecular weight excluding hydrogens is 322 g/mol. The fourth-order valence-corrected chi connectivity index (χ4v) is 2.17. The van der Waals surface area contributed by atoms with Crippen molar-refractivity contribution in [3.05, 3.63) is 82.5 Å². The summed E-state index contributed by atoms with van der Waals surface area (Å²) in [5.74, 6) is -0.350. The first-order chi connectivity index (χ1) is 12.0. The van der Waals surface area contributed by atoms with Crippen LogP contribution in [0.3, 0.4) is 0 Å². The fraction of sp³-hybridized carbons (Fsp3) is 0. The quantitative estimate of drug-likeness (QED) is 0.517. The summed E-state index contributed by atoms with van der Waals surface area (Å²) in [6, 6.07) is 17.4. The first-order valence-electron chi connectivity index (χ1n) is 7.35. The highest BCUT2D eigenvalue weighted by Crippen LogP contribution is 2.25. The lowest BCUT2D eigenvalue weighted by Crippen LogP contribution is -1.99. The van der Waals surface area contributed by atoms with E-state index in [-0.39, 0.29) is 11.2 Å². The summed E-state index contributed by atoms with van der Waals surface area (Å²) in [5.41, 5.74) is 1.93. The van der Waals surface area contributed by atoms with Gasteiger partial charge in [0.1, 0.15) is 17.0 Å². The molecule has 0 unspecified atom stereocenters. The molecule has 6 nitrogen and oxygen atoms in total. The van der Waals surface area contributed by atoms with Gasteiger partial charge < -0.3 is 14.6 Å². The number of rotatable bonds is 1. The molecule has 0 aromatic heterocycles. The smallest absolute Gasteiger partial charge is 0.335 e. The molecule has 1 aliphatic carbocycles. The summed E-state index contributed by atoms with van der Waals surface area (Å²) in [5, 5.41) is 17.7. The second-order valence-electron chi connectivity index (χ2n) is 5.17. The van der Waals surface area contributed by atoms with Gasteiger partial charge in [-0.2, -0.15) is 0 Å². The lowest BCUT2D eigenvalue weighted by molar-refractivity contribution is 0.0697. The van der Waals surface area contributed by atoms with Crippen LogP contribution in [0, 0.1) is 0 Å². The number of hydrogen-bond donors (Lipinski definition) is 2. The van der Waals surface area contributed by atoms with Gasteiger partial charge in [-0.15, -0.1) is 0 Å². The Kier molecular flexibility index (Phi) is 4.43. The van der Waals surface area contributed by atoms with Crippen LogP contribution in [0.4, 0.5) is 0 Å². The molecule has 0 amide bonds. The first-order valence-corrected chi connectivity index (χ1v) is 7.35. The number of fused-ring (bicyclic) bond motifs is 2. The van der Waals surface area contributed by atoms with Crippen molar-refractivity contribution in [2.45, 2.75) is 0 Å². The predicted octanol–water partition coefficient (Wildman–Crippen LogP) is 3.38. The van der Waals surface area contributed by atoms with Crippen LogP contribution < -0.4 is 5.43 Å². The number of phenolic OH excluding ortho intramolecular Hbond substituents is 1. The zero-order chi connectivity index (χ0) is 17.8. The Labute approximate surface area is 142 Å². The fourth-order valence-electron chi connectivity index (χ4n) is 2.17. The monoisotopic (exact) mass is 335 g/mol. The van der Waals surface area contributed by atoms with Gasteiger partial charge in [-0.05, 0) is 36.4 Å². The van der Waals surface area contributed by atoms with Gasteiger partial charge in [-0.1, -0.05) is 18.2 Å². The van der Waals surface area contributed by atoms with Crippen LogP contribution in [0.25, 0.3) is 22.6 Å². The number of hydrogen-bond acceptors (Lipinski definition) is 5. The number of carbonyl (C=O) groups is 1. The Bertz CT molecular complexity index is 1060. The van der Waals surface area contributed by atoms with E-state index >= 15 is 0 Å². The van der Waals surface area contributed by atoms with Crippen LogP contribution in [0.2, 0.25) is 0 Å². The van der Waals surface area contributed by atoms with Crippen LogP contribution in [-0.4, -0.2) is 21.2 Å². The van der Waals surface area contributed by atoms with Crippen LogP contribution in [0.5, 0.6) is 5.75 Å². The lowest BCUT2D eigenvalue weighted by atomic mass is 10.2. The Morgan fingerprint density at radius 3 is 2.40 bits per heavy atom. The predicted molar refractivity (Wildman–Crippen MR) is 92.0 cm³/mol. The summed E-state index contributed by atoms with van der Waals surface area (Å²) in [4.78, 5) is 25.7. The standard InChI is InChI=1S/C12H7NO3.C7H6O2/c14-7-1-3-9-11(5-7)16-12-6-8(15)2-4-10(12)13-9;8-7(9)6-4-2-1-3-5-6/h1-6,14H;1-5H,(H,8,9). The average Bonchev–Trinajstić information content (AvgIpc) is 2.61. The van der Waals surface area contributed by atoms with Crippen molar-refractivity contribution in [3.63, 3.8) is 0 Å². The molecule has 6 heteroatoms. The molecule has 2 aromatic carbocycles. The molecule has 2 aromatic rings. The number of aromatic carboxylic acids is 1. The third-order valence-corrected chi connectivity index (χ3v) is 3.36. The molecule has 25 heavy (non-hydrogen) atoms. The molecule has 2 N–H and O–H groups in total. The van der Waals surface area contributed by atoms with Gasteiger partial charge in [0.2, 0.25) is 0 Å². The maximum Gasteiger partial charge on any atom is 0.335 e. The summed E-state index contributed by atoms with van der Waals surface area (Å²) >= 11 is 0. The summed E-state index contributed by atoms with van der Waals surface area (Å²) < 4.78 is 5.49.